The largest absolute Gasteiger partial charge is 0.497 e. The van der Waals surface area contributed by atoms with Crippen LogP contribution >= 0.6 is 0 Å². The number of nitrogens with zero attached hydrogens (tertiary/aromatic N) is 3. The van der Waals surface area contributed by atoms with E-state index in [9.17, 15) is 0 Å². The fourth-order valence-corrected chi connectivity index (χ4v) is 3.44. The molecular weight excluding hydrogens is 294 g/mol. The van der Waals surface area contributed by atoms with E-state index in [0.29, 0.717) is 11.7 Å². The van der Waals surface area contributed by atoms with Gasteiger partial charge in [0, 0.05) is 6.07 Å². The van der Waals surface area contributed by atoms with E-state index in [4.69, 9.17) is 20.9 Å². The number of hydrogen-bond acceptors (Lipinski definition) is 7. The molecule has 1 spiro atoms. The second-order valence-corrected chi connectivity index (χ2v) is 5.86. The van der Waals surface area contributed by atoms with E-state index in [1.807, 2.05) is 23.1 Å². The number of rotatable bonds is 3. The van der Waals surface area contributed by atoms with Crippen LogP contribution < -0.4 is 25.8 Å². The highest BCUT2D eigenvalue weighted by molar-refractivity contribution is 6.06. The number of hydrogen-bond donors (Lipinski definition) is 2. The standard InChI is InChI=1S/C16H23N5O2/c1-22-11-6-7-13(23-2)12(10-11)21-15(18)19-14(17)20-16(21)8-4-3-5-9-16/h6-7,10H,3-5,8-9H2,1-2H3,(H4,17,18,19,20). The van der Waals surface area contributed by atoms with Gasteiger partial charge in [-0.15, -0.1) is 0 Å². The molecule has 1 saturated carbocycles. The van der Waals surface area contributed by atoms with Crippen molar-refractivity contribution in [2.24, 2.45) is 21.5 Å². The molecule has 2 aliphatic rings. The number of guanidine groups is 2. The molecule has 1 heterocycles. The highest BCUT2D eigenvalue weighted by Crippen LogP contribution is 2.43. The average molecular weight is 317 g/mol. The topological polar surface area (TPSA) is 98.5 Å². The van der Waals surface area contributed by atoms with Gasteiger partial charge in [-0.3, -0.25) is 4.90 Å². The van der Waals surface area contributed by atoms with Gasteiger partial charge in [0.05, 0.1) is 19.9 Å². The fraction of sp³-hybridized carbons (Fsp3) is 0.500. The summed E-state index contributed by atoms with van der Waals surface area (Å²) in [5, 5.41) is 0. The Labute approximate surface area is 136 Å². The summed E-state index contributed by atoms with van der Waals surface area (Å²) in [6.07, 6.45) is 5.10. The van der Waals surface area contributed by atoms with Crippen molar-refractivity contribution in [1.29, 1.82) is 0 Å². The van der Waals surface area contributed by atoms with Crippen molar-refractivity contribution in [3.63, 3.8) is 0 Å². The fourth-order valence-electron chi connectivity index (χ4n) is 3.44. The molecule has 1 aliphatic carbocycles. The Bertz CT molecular complexity index is 650. The van der Waals surface area contributed by atoms with Crippen LogP contribution in [0.2, 0.25) is 0 Å². The molecule has 23 heavy (non-hydrogen) atoms. The summed E-state index contributed by atoms with van der Waals surface area (Å²) in [5.74, 6) is 2.00. The molecule has 0 unspecified atom stereocenters. The van der Waals surface area contributed by atoms with Crippen molar-refractivity contribution < 1.29 is 9.47 Å². The van der Waals surface area contributed by atoms with E-state index in [2.05, 4.69) is 9.98 Å². The summed E-state index contributed by atoms with van der Waals surface area (Å²) < 4.78 is 10.9. The molecule has 1 aromatic rings. The zero-order chi connectivity index (χ0) is 16.4. The number of anilines is 1. The first kappa shape index (κ1) is 15.5. The minimum absolute atomic E-state index is 0.238. The van der Waals surface area contributed by atoms with Gasteiger partial charge in [0.2, 0.25) is 11.9 Å². The first-order valence-electron chi connectivity index (χ1n) is 7.81. The minimum Gasteiger partial charge on any atom is -0.497 e. The quantitative estimate of drug-likeness (QED) is 0.886. The first-order valence-corrected chi connectivity index (χ1v) is 7.81. The van der Waals surface area contributed by atoms with E-state index in [1.165, 1.54) is 6.42 Å². The minimum atomic E-state index is -0.492. The predicted octanol–water partition coefficient (Wildman–Crippen LogP) is 1.81. The molecule has 1 aliphatic heterocycles. The van der Waals surface area contributed by atoms with Crippen LogP contribution in [0, 0.1) is 0 Å². The van der Waals surface area contributed by atoms with Gasteiger partial charge in [-0.25, -0.2) is 4.99 Å². The van der Waals surface area contributed by atoms with Gasteiger partial charge in [0.1, 0.15) is 17.2 Å². The van der Waals surface area contributed by atoms with E-state index in [-0.39, 0.29) is 5.96 Å². The van der Waals surface area contributed by atoms with Crippen LogP contribution in [0.4, 0.5) is 5.69 Å². The van der Waals surface area contributed by atoms with Gasteiger partial charge < -0.3 is 20.9 Å². The Balaban J connectivity index is 2.13. The molecule has 0 saturated heterocycles. The summed E-state index contributed by atoms with van der Waals surface area (Å²) in [6.45, 7) is 0. The molecule has 0 atom stereocenters. The summed E-state index contributed by atoms with van der Waals surface area (Å²) >= 11 is 0. The number of aliphatic imine (C=N–C) groups is 2. The average Bonchev–Trinajstić information content (AvgIpc) is 2.54. The Morgan fingerprint density at radius 1 is 1.09 bits per heavy atom. The molecule has 1 fully saturated rings. The van der Waals surface area contributed by atoms with Gasteiger partial charge in [-0.1, -0.05) is 6.42 Å². The van der Waals surface area contributed by atoms with Crippen molar-refractivity contribution in [1.82, 2.24) is 0 Å². The van der Waals surface area contributed by atoms with Crippen LogP contribution in [-0.4, -0.2) is 31.8 Å². The molecule has 7 heteroatoms. The van der Waals surface area contributed by atoms with Crippen LogP contribution in [0.25, 0.3) is 0 Å². The molecule has 0 amide bonds. The lowest BCUT2D eigenvalue weighted by Crippen LogP contribution is -2.58. The van der Waals surface area contributed by atoms with E-state index in [1.54, 1.807) is 14.2 Å². The third kappa shape index (κ3) is 2.67. The zero-order valence-electron chi connectivity index (χ0n) is 13.6. The number of methoxy groups -OCH3 is 2. The van der Waals surface area contributed by atoms with Crippen molar-refractivity contribution in [3.05, 3.63) is 18.2 Å². The van der Waals surface area contributed by atoms with Crippen LogP contribution in [0.3, 0.4) is 0 Å². The van der Waals surface area contributed by atoms with Crippen LogP contribution in [0.1, 0.15) is 32.1 Å². The zero-order valence-corrected chi connectivity index (χ0v) is 13.6. The maximum Gasteiger partial charge on any atom is 0.220 e. The Hall–Kier alpha value is -2.44. The van der Waals surface area contributed by atoms with Crippen LogP contribution in [0.15, 0.2) is 28.2 Å². The summed E-state index contributed by atoms with van der Waals surface area (Å²) in [6, 6.07) is 5.61. The molecule has 3 rings (SSSR count). The lowest BCUT2D eigenvalue weighted by molar-refractivity contribution is 0.302. The first-order chi connectivity index (χ1) is 11.1. The SMILES string of the molecule is COc1ccc(OC)c(N2C(N)=NC(N)=NC23CCCCC3)c1. The maximum atomic E-state index is 6.24. The van der Waals surface area contributed by atoms with Crippen molar-refractivity contribution >= 4 is 17.6 Å². The molecule has 7 nitrogen and oxygen atoms in total. The van der Waals surface area contributed by atoms with Crippen LogP contribution in [-0.2, 0) is 0 Å². The highest BCUT2D eigenvalue weighted by Gasteiger charge is 2.43. The van der Waals surface area contributed by atoms with E-state index >= 15 is 0 Å². The third-order valence-electron chi connectivity index (χ3n) is 4.48. The summed E-state index contributed by atoms with van der Waals surface area (Å²) in [5.41, 5.74) is 12.4. The van der Waals surface area contributed by atoms with E-state index < -0.39 is 5.66 Å². The normalized spacial score (nSPS) is 20.0. The monoisotopic (exact) mass is 317 g/mol. The van der Waals surface area contributed by atoms with Gasteiger partial charge in [-0.2, -0.15) is 4.99 Å². The maximum absolute atomic E-state index is 6.24. The smallest absolute Gasteiger partial charge is 0.220 e. The van der Waals surface area contributed by atoms with Crippen molar-refractivity contribution in [2.75, 3.05) is 19.1 Å². The molecule has 1 aromatic carbocycles. The lowest BCUT2D eigenvalue weighted by atomic mass is 9.87. The van der Waals surface area contributed by atoms with Gasteiger partial charge in [0.15, 0.2) is 0 Å². The molecule has 4 N–H and O–H groups in total. The van der Waals surface area contributed by atoms with E-state index in [0.717, 1.165) is 37.1 Å². The second kappa shape index (κ2) is 5.98. The summed E-state index contributed by atoms with van der Waals surface area (Å²) in [7, 11) is 3.26. The summed E-state index contributed by atoms with van der Waals surface area (Å²) in [4.78, 5) is 10.8. The van der Waals surface area contributed by atoms with Gasteiger partial charge in [0.25, 0.3) is 0 Å². The molecular formula is C16H23N5O2. The molecule has 0 aromatic heterocycles. The van der Waals surface area contributed by atoms with Crippen LogP contribution in [0.5, 0.6) is 11.5 Å². The Morgan fingerprint density at radius 3 is 2.48 bits per heavy atom. The number of ether oxygens (including phenoxy) is 2. The third-order valence-corrected chi connectivity index (χ3v) is 4.48. The van der Waals surface area contributed by atoms with Gasteiger partial charge >= 0.3 is 0 Å². The lowest BCUT2D eigenvalue weighted by Gasteiger charge is -2.45. The molecule has 0 bridgehead atoms. The predicted molar refractivity (Wildman–Crippen MR) is 91.1 cm³/mol. The second-order valence-electron chi connectivity index (χ2n) is 5.86. The molecule has 124 valence electrons. The Morgan fingerprint density at radius 2 is 1.83 bits per heavy atom. The molecule has 0 radical (unpaired) electrons. The van der Waals surface area contributed by atoms with Crippen molar-refractivity contribution in [3.8, 4) is 11.5 Å². The van der Waals surface area contributed by atoms with Crippen molar-refractivity contribution in [2.45, 2.75) is 37.8 Å². The number of benzene rings is 1. The highest BCUT2D eigenvalue weighted by atomic mass is 16.5. The van der Waals surface area contributed by atoms with Gasteiger partial charge in [-0.05, 0) is 37.8 Å². The number of nitrogens with two attached hydrogens (primary N) is 2. The Kier molecular flexibility index (Phi) is 4.02.